The van der Waals surface area contributed by atoms with Gasteiger partial charge in [0.1, 0.15) is 0 Å². The van der Waals surface area contributed by atoms with Gasteiger partial charge in [-0.15, -0.1) is 0 Å². The summed E-state index contributed by atoms with van der Waals surface area (Å²) in [5, 5.41) is 0.969. The van der Waals surface area contributed by atoms with Crippen LogP contribution in [-0.4, -0.2) is 4.98 Å². The van der Waals surface area contributed by atoms with E-state index in [9.17, 15) is 8.78 Å². The molecule has 1 aromatic heterocycles. The van der Waals surface area contributed by atoms with Gasteiger partial charge in [0.05, 0.1) is 11.6 Å². The molecule has 0 fully saturated rings. The van der Waals surface area contributed by atoms with E-state index in [-0.39, 0.29) is 0 Å². The number of fused-ring (bicyclic) bond motifs is 1. The number of rotatable bonds is 2. The Bertz CT molecular complexity index is 815. The molecule has 3 aromatic rings. The fourth-order valence-corrected chi connectivity index (χ4v) is 2.34. The first-order valence-corrected chi connectivity index (χ1v) is 6.62. The lowest BCUT2D eigenvalue weighted by atomic mass is 9.98. The zero-order chi connectivity index (χ0) is 15.0. The van der Waals surface area contributed by atoms with E-state index in [0.717, 1.165) is 34.3 Å². The first kappa shape index (κ1) is 13.6. The third kappa shape index (κ3) is 2.62. The summed E-state index contributed by atoms with van der Waals surface area (Å²) in [7, 11) is 0. The Balaban J connectivity index is 2.02. The molecule has 1 heterocycles. The van der Waals surface area contributed by atoms with Gasteiger partial charge >= 0.3 is 0 Å². The van der Waals surface area contributed by atoms with E-state index in [1.54, 1.807) is 0 Å². The molecule has 0 amide bonds. The number of hydrogen-bond donors (Lipinski definition) is 1. The molecule has 3 rings (SSSR count). The summed E-state index contributed by atoms with van der Waals surface area (Å²) in [6, 6.07) is 12.8. The van der Waals surface area contributed by atoms with Crippen molar-refractivity contribution in [1.82, 2.24) is 4.98 Å². The van der Waals surface area contributed by atoms with Gasteiger partial charge in [-0.05, 0) is 48.4 Å². The van der Waals surface area contributed by atoms with Crippen molar-refractivity contribution in [3.8, 4) is 0 Å². The predicted molar refractivity (Wildman–Crippen MR) is 78.9 cm³/mol. The minimum absolute atomic E-state index is 0.509. The molecule has 2 N–H and O–H groups in total. The Morgan fingerprint density at radius 2 is 1.62 bits per heavy atom. The standard InChI is InChI=1S/C17H14F2N2/c1-10-2-3-11-8-12(5-7-16(11)21-10)17(20)13-4-6-14(18)15(19)9-13/h2-9,17H,20H2,1H3. The average molecular weight is 284 g/mol. The highest BCUT2D eigenvalue weighted by atomic mass is 19.2. The van der Waals surface area contributed by atoms with Crippen molar-refractivity contribution in [3.63, 3.8) is 0 Å². The summed E-state index contributed by atoms with van der Waals surface area (Å²) in [6.45, 7) is 1.93. The maximum atomic E-state index is 13.3. The second-order valence-corrected chi connectivity index (χ2v) is 5.06. The lowest BCUT2D eigenvalue weighted by Gasteiger charge is -2.13. The predicted octanol–water partition coefficient (Wildman–Crippen LogP) is 3.87. The normalized spacial score (nSPS) is 12.6. The van der Waals surface area contributed by atoms with Crippen molar-refractivity contribution in [1.29, 1.82) is 0 Å². The fraction of sp³-hybridized carbons (Fsp3) is 0.118. The molecule has 0 radical (unpaired) electrons. The summed E-state index contributed by atoms with van der Waals surface area (Å²) in [5.74, 6) is -1.76. The van der Waals surface area contributed by atoms with Crippen molar-refractivity contribution in [3.05, 3.63) is 77.0 Å². The van der Waals surface area contributed by atoms with Gasteiger partial charge in [0, 0.05) is 11.1 Å². The summed E-state index contributed by atoms with van der Waals surface area (Å²) < 4.78 is 26.3. The first-order valence-electron chi connectivity index (χ1n) is 6.62. The van der Waals surface area contributed by atoms with Crippen molar-refractivity contribution in [2.45, 2.75) is 13.0 Å². The molecule has 0 aliphatic heterocycles. The van der Waals surface area contributed by atoms with Gasteiger partial charge in [0.25, 0.3) is 0 Å². The van der Waals surface area contributed by atoms with Gasteiger partial charge in [0.15, 0.2) is 11.6 Å². The lowest BCUT2D eigenvalue weighted by molar-refractivity contribution is 0.506. The zero-order valence-corrected chi connectivity index (χ0v) is 11.5. The number of aryl methyl sites for hydroxylation is 1. The quantitative estimate of drug-likeness (QED) is 0.776. The molecule has 0 saturated heterocycles. The highest BCUT2D eigenvalue weighted by Crippen LogP contribution is 2.24. The SMILES string of the molecule is Cc1ccc2cc(C(N)c3ccc(F)c(F)c3)ccc2n1. The van der Waals surface area contributed by atoms with Crippen LogP contribution in [-0.2, 0) is 0 Å². The van der Waals surface area contributed by atoms with Crippen molar-refractivity contribution >= 4 is 10.9 Å². The first-order chi connectivity index (χ1) is 10.0. The summed E-state index contributed by atoms with van der Waals surface area (Å²) in [5.41, 5.74) is 9.34. The summed E-state index contributed by atoms with van der Waals surface area (Å²) in [4.78, 5) is 4.42. The van der Waals surface area contributed by atoms with Crippen LogP contribution in [0.5, 0.6) is 0 Å². The third-order valence-corrected chi connectivity index (χ3v) is 3.51. The van der Waals surface area contributed by atoms with Crippen LogP contribution in [0.25, 0.3) is 10.9 Å². The highest BCUT2D eigenvalue weighted by Gasteiger charge is 2.12. The van der Waals surface area contributed by atoms with Crippen LogP contribution in [0, 0.1) is 18.6 Å². The molecule has 0 spiro atoms. The molecular weight excluding hydrogens is 270 g/mol. The number of halogens is 2. The molecule has 0 aliphatic rings. The number of aromatic nitrogens is 1. The summed E-state index contributed by atoms with van der Waals surface area (Å²) >= 11 is 0. The van der Waals surface area contributed by atoms with Crippen LogP contribution in [0.1, 0.15) is 22.9 Å². The average Bonchev–Trinajstić information content (AvgIpc) is 2.49. The molecule has 1 atom stereocenters. The van der Waals surface area contributed by atoms with E-state index >= 15 is 0 Å². The van der Waals surface area contributed by atoms with Gasteiger partial charge < -0.3 is 5.73 Å². The number of nitrogens with zero attached hydrogens (tertiary/aromatic N) is 1. The lowest BCUT2D eigenvalue weighted by Crippen LogP contribution is -2.12. The van der Waals surface area contributed by atoms with E-state index in [4.69, 9.17) is 5.73 Å². The fourth-order valence-electron chi connectivity index (χ4n) is 2.34. The van der Waals surface area contributed by atoms with Gasteiger partial charge in [-0.25, -0.2) is 8.78 Å². The van der Waals surface area contributed by atoms with Crippen LogP contribution in [0.3, 0.4) is 0 Å². The molecule has 21 heavy (non-hydrogen) atoms. The Morgan fingerprint density at radius 1 is 0.905 bits per heavy atom. The van der Waals surface area contributed by atoms with E-state index < -0.39 is 17.7 Å². The Kier molecular flexibility index (Phi) is 3.39. The minimum atomic E-state index is -0.888. The Morgan fingerprint density at radius 3 is 2.38 bits per heavy atom. The minimum Gasteiger partial charge on any atom is -0.320 e. The zero-order valence-electron chi connectivity index (χ0n) is 11.5. The molecule has 0 bridgehead atoms. The number of pyridine rings is 1. The number of nitrogens with two attached hydrogens (primary N) is 1. The van der Waals surface area contributed by atoms with Crippen molar-refractivity contribution in [2.75, 3.05) is 0 Å². The molecule has 4 heteroatoms. The molecule has 0 saturated carbocycles. The number of hydrogen-bond acceptors (Lipinski definition) is 2. The third-order valence-electron chi connectivity index (χ3n) is 3.51. The smallest absolute Gasteiger partial charge is 0.159 e. The van der Waals surface area contributed by atoms with E-state index in [1.165, 1.54) is 6.07 Å². The molecule has 1 unspecified atom stereocenters. The molecular formula is C17H14F2N2. The maximum absolute atomic E-state index is 13.3. The topological polar surface area (TPSA) is 38.9 Å². The molecule has 2 nitrogen and oxygen atoms in total. The summed E-state index contributed by atoms with van der Waals surface area (Å²) in [6.07, 6.45) is 0. The second kappa shape index (κ2) is 5.22. The molecule has 0 aliphatic carbocycles. The van der Waals surface area contributed by atoms with Gasteiger partial charge in [-0.1, -0.05) is 18.2 Å². The van der Waals surface area contributed by atoms with E-state index in [1.807, 2.05) is 37.3 Å². The van der Waals surface area contributed by atoms with Crippen LogP contribution in [0.4, 0.5) is 8.78 Å². The van der Waals surface area contributed by atoms with Crippen LogP contribution in [0.15, 0.2) is 48.5 Å². The van der Waals surface area contributed by atoms with Crippen LogP contribution >= 0.6 is 0 Å². The van der Waals surface area contributed by atoms with Crippen LogP contribution < -0.4 is 5.73 Å². The molecule has 2 aromatic carbocycles. The van der Waals surface area contributed by atoms with Gasteiger partial charge in [-0.2, -0.15) is 0 Å². The van der Waals surface area contributed by atoms with Crippen molar-refractivity contribution < 1.29 is 8.78 Å². The monoisotopic (exact) mass is 284 g/mol. The maximum Gasteiger partial charge on any atom is 0.159 e. The van der Waals surface area contributed by atoms with Gasteiger partial charge in [0.2, 0.25) is 0 Å². The molecule has 106 valence electrons. The van der Waals surface area contributed by atoms with E-state index in [0.29, 0.717) is 5.56 Å². The largest absolute Gasteiger partial charge is 0.320 e. The highest BCUT2D eigenvalue weighted by molar-refractivity contribution is 5.79. The van der Waals surface area contributed by atoms with Crippen LogP contribution in [0.2, 0.25) is 0 Å². The van der Waals surface area contributed by atoms with E-state index in [2.05, 4.69) is 4.98 Å². The van der Waals surface area contributed by atoms with Crippen molar-refractivity contribution in [2.24, 2.45) is 5.73 Å². The number of benzene rings is 2. The Hall–Kier alpha value is -2.33. The second-order valence-electron chi connectivity index (χ2n) is 5.06. The Labute approximate surface area is 121 Å². The van der Waals surface area contributed by atoms with Gasteiger partial charge in [-0.3, -0.25) is 4.98 Å².